The Labute approximate surface area is 139 Å². The topological polar surface area (TPSA) is 32.7 Å². The van der Waals surface area contributed by atoms with E-state index in [4.69, 9.17) is 0 Å². The van der Waals surface area contributed by atoms with Crippen LogP contribution in [-0.2, 0) is 4.74 Å². The van der Waals surface area contributed by atoms with Crippen LogP contribution in [0, 0.1) is 0 Å². The fourth-order valence-corrected chi connectivity index (χ4v) is 2.88. The summed E-state index contributed by atoms with van der Waals surface area (Å²) in [6, 6.07) is 0. The van der Waals surface area contributed by atoms with Crippen molar-refractivity contribution >= 4 is 0 Å². The molecule has 0 atom stereocenters. The number of alkyl halides is 6. The molecule has 0 bridgehead atoms. The van der Waals surface area contributed by atoms with Crippen LogP contribution in [0.5, 0.6) is 0 Å². The molecule has 2 rings (SSSR count). The molecule has 1 N–H and O–H groups in total. The minimum Gasteiger partial charge on any atom is -0.394 e. The van der Waals surface area contributed by atoms with Crippen LogP contribution in [0.1, 0.15) is 46.5 Å². The van der Waals surface area contributed by atoms with Crippen molar-refractivity contribution < 1.29 is 36.2 Å². The van der Waals surface area contributed by atoms with Crippen LogP contribution in [-0.4, -0.2) is 60.3 Å². The Morgan fingerprint density at radius 2 is 1.33 bits per heavy atom. The lowest BCUT2D eigenvalue weighted by Crippen LogP contribution is -2.55. The standard InChI is InChI=1S/C8H15NO.C5H6F6O.C2H6/c10-7-8-3-1-5-9(8)6-2-4-8;1-3(12-2,4(6,7)8)5(9,10)11;1-2/h10H,1-7H2;1-2H3;1-2H3. The molecule has 146 valence electrons. The molecule has 2 saturated heterocycles. The SMILES string of the molecule is CC.COC(C)(C(F)(F)F)C(F)(F)F.OCC12CCCN1CCC2. The van der Waals surface area contributed by atoms with Gasteiger partial charge in [0.25, 0.3) is 5.60 Å². The van der Waals surface area contributed by atoms with Crippen molar-refractivity contribution in [2.75, 3.05) is 26.8 Å². The van der Waals surface area contributed by atoms with Crippen molar-refractivity contribution in [3.8, 4) is 0 Å². The summed E-state index contributed by atoms with van der Waals surface area (Å²) in [4.78, 5) is 2.47. The number of aliphatic hydroxyl groups is 1. The predicted molar refractivity (Wildman–Crippen MR) is 78.7 cm³/mol. The third-order valence-electron chi connectivity index (χ3n) is 4.60. The maximum Gasteiger partial charge on any atom is 0.426 e. The number of nitrogens with zero attached hydrogens (tertiary/aromatic N) is 1. The van der Waals surface area contributed by atoms with Crippen LogP contribution >= 0.6 is 0 Å². The molecule has 2 aliphatic rings. The lowest BCUT2D eigenvalue weighted by Gasteiger charge is -2.32. The van der Waals surface area contributed by atoms with Crippen LogP contribution < -0.4 is 0 Å². The quantitative estimate of drug-likeness (QED) is 0.745. The molecular formula is C15H27F6NO2. The van der Waals surface area contributed by atoms with Gasteiger partial charge in [-0.2, -0.15) is 26.3 Å². The largest absolute Gasteiger partial charge is 0.426 e. The predicted octanol–water partition coefficient (Wildman–Crippen LogP) is 4.15. The first-order valence-corrected chi connectivity index (χ1v) is 7.98. The highest BCUT2D eigenvalue weighted by Gasteiger charge is 2.68. The zero-order chi connectivity index (χ0) is 19.2. The number of rotatable bonds is 2. The molecule has 2 heterocycles. The van der Waals surface area contributed by atoms with Crippen molar-refractivity contribution in [3.05, 3.63) is 0 Å². The number of fused-ring (bicyclic) bond motifs is 1. The maximum atomic E-state index is 11.8. The first kappa shape index (κ1) is 23.5. The van der Waals surface area contributed by atoms with Gasteiger partial charge in [-0.05, 0) is 45.7 Å². The molecule has 0 aromatic heterocycles. The van der Waals surface area contributed by atoms with Crippen LogP contribution in [0.15, 0.2) is 0 Å². The number of hydrogen-bond donors (Lipinski definition) is 1. The molecule has 24 heavy (non-hydrogen) atoms. The summed E-state index contributed by atoms with van der Waals surface area (Å²) in [7, 11) is 0.362. The number of methoxy groups -OCH3 is 1. The van der Waals surface area contributed by atoms with E-state index < -0.39 is 18.0 Å². The highest BCUT2D eigenvalue weighted by atomic mass is 19.4. The molecule has 0 saturated carbocycles. The Bertz CT molecular complexity index is 346. The zero-order valence-corrected chi connectivity index (χ0v) is 14.5. The van der Waals surface area contributed by atoms with Gasteiger partial charge in [0.1, 0.15) is 0 Å². The zero-order valence-electron chi connectivity index (χ0n) is 14.5. The molecule has 9 heteroatoms. The molecule has 0 amide bonds. The molecule has 0 aromatic rings. The van der Waals surface area contributed by atoms with E-state index in [1.54, 1.807) is 0 Å². The van der Waals surface area contributed by atoms with E-state index in [0.717, 1.165) is 0 Å². The average molecular weight is 367 g/mol. The summed E-state index contributed by atoms with van der Waals surface area (Å²) in [6.45, 7) is 6.76. The minimum atomic E-state index is -5.46. The van der Waals surface area contributed by atoms with Gasteiger partial charge in [-0.25, -0.2) is 0 Å². The second-order valence-electron chi connectivity index (χ2n) is 5.81. The first-order chi connectivity index (χ1) is 10.9. The van der Waals surface area contributed by atoms with Gasteiger partial charge in [0, 0.05) is 12.6 Å². The Kier molecular flexibility index (Phi) is 8.51. The second kappa shape index (κ2) is 8.71. The average Bonchev–Trinajstić information content (AvgIpc) is 3.06. The summed E-state index contributed by atoms with van der Waals surface area (Å²) in [6.07, 6.45) is -5.88. The van der Waals surface area contributed by atoms with Crippen LogP contribution in [0.3, 0.4) is 0 Å². The highest BCUT2D eigenvalue weighted by Crippen LogP contribution is 2.44. The number of ether oxygens (including phenoxy) is 1. The lowest BCUT2D eigenvalue weighted by atomic mass is 9.96. The fraction of sp³-hybridized carbons (Fsp3) is 1.00. The van der Waals surface area contributed by atoms with Gasteiger partial charge in [0.05, 0.1) is 6.61 Å². The Morgan fingerprint density at radius 1 is 0.958 bits per heavy atom. The third-order valence-corrected chi connectivity index (χ3v) is 4.60. The molecule has 0 aromatic carbocycles. The van der Waals surface area contributed by atoms with Gasteiger partial charge in [-0.3, -0.25) is 4.90 Å². The van der Waals surface area contributed by atoms with E-state index in [2.05, 4.69) is 9.64 Å². The summed E-state index contributed by atoms with van der Waals surface area (Å²) < 4.78 is 74.0. The van der Waals surface area contributed by atoms with Gasteiger partial charge in [0.15, 0.2) is 0 Å². The van der Waals surface area contributed by atoms with Crippen molar-refractivity contribution in [1.29, 1.82) is 0 Å². The molecule has 0 unspecified atom stereocenters. The fourth-order valence-electron chi connectivity index (χ4n) is 2.88. The summed E-state index contributed by atoms with van der Waals surface area (Å²) in [5.74, 6) is 0. The van der Waals surface area contributed by atoms with Crippen LogP contribution in [0.25, 0.3) is 0 Å². The molecular weight excluding hydrogens is 340 g/mol. The first-order valence-electron chi connectivity index (χ1n) is 7.98. The third kappa shape index (κ3) is 4.76. The number of aliphatic hydroxyl groups excluding tert-OH is 1. The maximum absolute atomic E-state index is 11.8. The van der Waals surface area contributed by atoms with Gasteiger partial charge in [0.2, 0.25) is 0 Å². The van der Waals surface area contributed by atoms with E-state index in [0.29, 0.717) is 13.7 Å². The van der Waals surface area contributed by atoms with Crippen molar-refractivity contribution in [3.63, 3.8) is 0 Å². The summed E-state index contributed by atoms with van der Waals surface area (Å²) in [5, 5.41) is 9.19. The van der Waals surface area contributed by atoms with E-state index in [-0.39, 0.29) is 12.5 Å². The van der Waals surface area contributed by atoms with Gasteiger partial charge in [-0.1, -0.05) is 13.8 Å². The Morgan fingerprint density at radius 3 is 1.50 bits per heavy atom. The van der Waals surface area contributed by atoms with Crippen LogP contribution in [0.4, 0.5) is 26.3 Å². The minimum absolute atomic E-state index is 0.0625. The van der Waals surface area contributed by atoms with E-state index in [1.165, 1.54) is 38.8 Å². The summed E-state index contributed by atoms with van der Waals surface area (Å²) >= 11 is 0. The monoisotopic (exact) mass is 367 g/mol. The van der Waals surface area contributed by atoms with Crippen molar-refractivity contribution in [2.24, 2.45) is 0 Å². The highest BCUT2D eigenvalue weighted by molar-refractivity contribution is 4.99. The van der Waals surface area contributed by atoms with Gasteiger partial charge >= 0.3 is 12.4 Å². The Balaban J connectivity index is 0.000000402. The normalized spacial score (nSPS) is 20.6. The lowest BCUT2D eigenvalue weighted by molar-refractivity contribution is -0.367. The Hall–Kier alpha value is -0.540. The van der Waals surface area contributed by atoms with E-state index >= 15 is 0 Å². The van der Waals surface area contributed by atoms with E-state index in [9.17, 15) is 31.4 Å². The smallest absolute Gasteiger partial charge is 0.394 e. The number of hydrogen-bond acceptors (Lipinski definition) is 3. The molecule has 0 aliphatic carbocycles. The van der Waals surface area contributed by atoms with Crippen LogP contribution in [0.2, 0.25) is 0 Å². The molecule has 3 nitrogen and oxygen atoms in total. The molecule has 2 aliphatic heterocycles. The second-order valence-corrected chi connectivity index (χ2v) is 5.81. The molecule has 2 fully saturated rings. The van der Waals surface area contributed by atoms with Gasteiger partial charge in [-0.15, -0.1) is 0 Å². The molecule has 0 radical (unpaired) electrons. The van der Waals surface area contributed by atoms with Gasteiger partial charge < -0.3 is 9.84 Å². The van der Waals surface area contributed by atoms with Crippen molar-refractivity contribution in [1.82, 2.24) is 4.90 Å². The van der Waals surface area contributed by atoms with Crippen molar-refractivity contribution in [2.45, 2.75) is 69.9 Å². The number of halogens is 6. The molecule has 0 spiro atoms. The van der Waals surface area contributed by atoms with E-state index in [1.807, 2.05) is 13.8 Å². The summed E-state index contributed by atoms with van der Waals surface area (Å²) in [5.41, 5.74) is -3.85.